The quantitative estimate of drug-likeness (QED) is 0.458. The number of likely N-dealkylation sites (tertiary alicyclic amines) is 1. The average Bonchev–Trinajstić information content (AvgIpc) is 2.65. The molecule has 0 radical (unpaired) electrons. The highest BCUT2D eigenvalue weighted by Crippen LogP contribution is 2.74. The van der Waals surface area contributed by atoms with Crippen molar-refractivity contribution in [3.8, 4) is 0 Å². The Balaban J connectivity index is 0.00000109. The third-order valence-corrected chi connectivity index (χ3v) is 9.91. The Hall–Kier alpha value is -0.820. The lowest BCUT2D eigenvalue weighted by Crippen LogP contribution is -2.78. The summed E-state index contributed by atoms with van der Waals surface area (Å²) in [5.74, 6) is 2.01. The molecular weight excluding hydrogens is 338 g/mol. The first-order chi connectivity index (χ1) is 13.0. The number of hydrogen-bond acceptors (Lipinski definition) is 1. The Bertz CT molecular complexity index is 734. The summed E-state index contributed by atoms with van der Waals surface area (Å²) < 4.78 is 0. The highest BCUT2D eigenvalue weighted by Gasteiger charge is 2.73. The van der Waals surface area contributed by atoms with Crippen LogP contribution in [-0.4, -0.2) is 24.0 Å². The minimum Gasteiger partial charge on any atom is -0.299 e. The van der Waals surface area contributed by atoms with Crippen LogP contribution in [0.1, 0.15) is 97.8 Å². The molecule has 2 bridgehead atoms. The second-order valence-electron chi connectivity index (χ2n) is 10.9. The predicted molar refractivity (Wildman–Crippen MR) is 123 cm³/mol. The molecule has 1 aromatic carbocycles. The molecule has 1 nitrogen and oxygen atoms in total. The normalized spacial score (nSPS) is 44.0. The number of aryl methyl sites for hydroxylation is 1. The van der Waals surface area contributed by atoms with Crippen LogP contribution in [0.15, 0.2) is 18.2 Å². The van der Waals surface area contributed by atoms with E-state index in [1.165, 1.54) is 18.4 Å². The van der Waals surface area contributed by atoms with Crippen LogP contribution in [0.3, 0.4) is 0 Å². The summed E-state index contributed by atoms with van der Waals surface area (Å²) in [5, 5.41) is 0. The Morgan fingerprint density at radius 2 is 1.61 bits per heavy atom. The Morgan fingerprint density at radius 3 is 2.21 bits per heavy atom. The second kappa shape index (κ2) is 6.86. The van der Waals surface area contributed by atoms with Gasteiger partial charge in [0.15, 0.2) is 0 Å². The average molecular weight is 384 g/mol. The zero-order chi connectivity index (χ0) is 21.2. The molecule has 3 aliphatic rings. The minimum atomic E-state index is 0.251. The lowest BCUT2D eigenvalue weighted by molar-refractivity contribution is -0.211. The molecule has 1 aromatic rings. The first-order valence-corrected chi connectivity index (χ1v) is 11.9. The molecule has 4 rings (SSSR count). The van der Waals surface area contributed by atoms with Gasteiger partial charge in [0.1, 0.15) is 0 Å². The van der Waals surface area contributed by atoms with Gasteiger partial charge >= 0.3 is 0 Å². The maximum atomic E-state index is 2.76. The van der Waals surface area contributed by atoms with Crippen molar-refractivity contribution < 1.29 is 0 Å². The van der Waals surface area contributed by atoms with Gasteiger partial charge in [-0.2, -0.15) is 0 Å². The topological polar surface area (TPSA) is 3.24 Å². The van der Waals surface area contributed by atoms with Gasteiger partial charge < -0.3 is 0 Å². The number of nitrogens with zero attached hydrogens (tertiary/aromatic N) is 1. The van der Waals surface area contributed by atoms with E-state index < -0.39 is 0 Å². The molecule has 28 heavy (non-hydrogen) atoms. The summed E-state index contributed by atoms with van der Waals surface area (Å²) in [7, 11) is 2.41. The first-order valence-electron chi connectivity index (χ1n) is 11.9. The monoisotopic (exact) mass is 383 g/mol. The van der Waals surface area contributed by atoms with Gasteiger partial charge in [-0.15, -0.1) is 0 Å². The SMILES string of the molecule is CC.Cc1cccc2c1[C@]13C(C)C(C)N(C)[C@H](C2C)C1(C)C(C)CCC3(C)C. The molecule has 0 spiro atoms. The standard InChI is InChI=1S/C25H39N.C2H6/c1-15-11-10-12-20-17(3)22-24(8)16(2)13-14-23(6,7)25(24,21(15)20)18(4)19(5)26(22)9;1-2/h10-12,16-19,22H,13-14H2,1-9H3;1-2H3/t16?,17?,18?,19?,22-,24?,25+;/m1./s1. The van der Waals surface area contributed by atoms with Crippen LogP contribution in [-0.2, 0) is 5.41 Å². The lowest BCUT2D eigenvalue weighted by atomic mass is 9.31. The molecule has 2 fully saturated rings. The summed E-state index contributed by atoms with van der Waals surface area (Å²) >= 11 is 0. The van der Waals surface area contributed by atoms with Gasteiger partial charge in [-0.05, 0) is 79.0 Å². The fraction of sp³-hybridized carbons (Fsp3) is 0.778. The molecule has 1 saturated carbocycles. The molecule has 0 N–H and O–H groups in total. The number of piperidine rings is 1. The molecule has 0 aromatic heterocycles. The zero-order valence-corrected chi connectivity index (χ0v) is 20.5. The first kappa shape index (κ1) is 21.9. The minimum absolute atomic E-state index is 0.251. The maximum absolute atomic E-state index is 2.76. The molecule has 0 amide bonds. The van der Waals surface area contributed by atoms with Crippen molar-refractivity contribution in [3.63, 3.8) is 0 Å². The van der Waals surface area contributed by atoms with Gasteiger partial charge in [-0.3, -0.25) is 4.90 Å². The Morgan fingerprint density at radius 1 is 1.00 bits per heavy atom. The van der Waals surface area contributed by atoms with Crippen molar-refractivity contribution in [2.45, 2.75) is 105 Å². The van der Waals surface area contributed by atoms with E-state index in [9.17, 15) is 0 Å². The molecule has 1 heteroatoms. The van der Waals surface area contributed by atoms with E-state index in [2.05, 4.69) is 85.5 Å². The summed E-state index contributed by atoms with van der Waals surface area (Å²) in [6.45, 7) is 24.4. The molecule has 2 aliphatic carbocycles. The molecule has 7 atom stereocenters. The van der Waals surface area contributed by atoms with Crippen molar-refractivity contribution in [2.75, 3.05) is 7.05 Å². The number of hydrogen-bond donors (Lipinski definition) is 0. The van der Waals surface area contributed by atoms with Crippen LogP contribution < -0.4 is 0 Å². The fourth-order valence-corrected chi connectivity index (χ4v) is 8.70. The molecule has 1 heterocycles. The van der Waals surface area contributed by atoms with E-state index in [1.807, 2.05) is 13.8 Å². The highest BCUT2D eigenvalue weighted by molar-refractivity contribution is 5.53. The van der Waals surface area contributed by atoms with Crippen molar-refractivity contribution >= 4 is 0 Å². The molecular formula is C27H45N. The van der Waals surface area contributed by atoms with Gasteiger partial charge in [0.05, 0.1) is 0 Å². The lowest BCUT2D eigenvalue weighted by Gasteiger charge is -2.77. The predicted octanol–water partition coefficient (Wildman–Crippen LogP) is 7.18. The van der Waals surface area contributed by atoms with Crippen molar-refractivity contribution in [1.29, 1.82) is 0 Å². The Kier molecular flexibility index (Phi) is 5.36. The van der Waals surface area contributed by atoms with Gasteiger partial charge in [0, 0.05) is 17.5 Å². The van der Waals surface area contributed by atoms with E-state index in [0.29, 0.717) is 34.7 Å². The smallest absolute Gasteiger partial charge is 0.0226 e. The molecule has 158 valence electrons. The number of benzene rings is 1. The van der Waals surface area contributed by atoms with Gasteiger partial charge in [0.25, 0.3) is 0 Å². The van der Waals surface area contributed by atoms with E-state index in [1.54, 1.807) is 11.1 Å². The maximum Gasteiger partial charge on any atom is 0.0226 e. The van der Waals surface area contributed by atoms with E-state index >= 15 is 0 Å². The van der Waals surface area contributed by atoms with E-state index in [4.69, 9.17) is 0 Å². The fourth-order valence-electron chi connectivity index (χ4n) is 8.70. The second-order valence-corrected chi connectivity index (χ2v) is 10.9. The van der Waals surface area contributed by atoms with Crippen LogP contribution in [0.4, 0.5) is 0 Å². The van der Waals surface area contributed by atoms with Gasteiger partial charge in [-0.1, -0.05) is 73.6 Å². The van der Waals surface area contributed by atoms with Crippen LogP contribution in [0.5, 0.6) is 0 Å². The zero-order valence-electron chi connectivity index (χ0n) is 20.5. The van der Waals surface area contributed by atoms with Crippen molar-refractivity contribution in [3.05, 3.63) is 34.9 Å². The van der Waals surface area contributed by atoms with Crippen LogP contribution in [0.2, 0.25) is 0 Å². The molecule has 1 saturated heterocycles. The number of fused-ring (bicyclic) bond motifs is 1. The summed E-state index contributed by atoms with van der Waals surface area (Å²) in [6, 6.07) is 8.37. The molecule has 1 aliphatic heterocycles. The third-order valence-electron chi connectivity index (χ3n) is 9.91. The van der Waals surface area contributed by atoms with Crippen LogP contribution in [0, 0.1) is 29.6 Å². The summed E-state index contributed by atoms with van der Waals surface area (Å²) in [6.07, 6.45) is 2.71. The number of likely N-dealkylation sites (N-methyl/N-ethyl adjacent to an activating group) is 1. The van der Waals surface area contributed by atoms with Crippen molar-refractivity contribution in [2.24, 2.45) is 22.7 Å². The largest absolute Gasteiger partial charge is 0.299 e. The Labute approximate surface area is 175 Å². The van der Waals surface area contributed by atoms with E-state index in [0.717, 1.165) is 5.92 Å². The van der Waals surface area contributed by atoms with E-state index in [-0.39, 0.29) is 5.41 Å². The highest BCUT2D eigenvalue weighted by atomic mass is 15.2. The molecule has 5 unspecified atom stereocenters. The van der Waals surface area contributed by atoms with Gasteiger partial charge in [0.2, 0.25) is 0 Å². The van der Waals surface area contributed by atoms with Crippen LogP contribution in [0.25, 0.3) is 0 Å². The van der Waals surface area contributed by atoms with Gasteiger partial charge in [-0.25, -0.2) is 0 Å². The summed E-state index contributed by atoms with van der Waals surface area (Å²) in [4.78, 5) is 2.76. The van der Waals surface area contributed by atoms with Crippen molar-refractivity contribution in [1.82, 2.24) is 4.90 Å². The number of rotatable bonds is 0. The van der Waals surface area contributed by atoms with Crippen LogP contribution >= 0.6 is 0 Å². The summed E-state index contributed by atoms with van der Waals surface area (Å²) in [5.41, 5.74) is 5.79. The third kappa shape index (κ3) is 2.23.